The predicted molar refractivity (Wildman–Crippen MR) is 97.4 cm³/mol. The lowest BCUT2D eigenvalue weighted by Gasteiger charge is -2.11. The van der Waals surface area contributed by atoms with E-state index in [0.717, 1.165) is 5.39 Å². The quantitative estimate of drug-likeness (QED) is 0.718. The van der Waals surface area contributed by atoms with Gasteiger partial charge in [0, 0.05) is 22.2 Å². The third-order valence-corrected chi connectivity index (χ3v) is 4.00. The minimum Gasteiger partial charge on any atom is -0.496 e. The van der Waals surface area contributed by atoms with Crippen LogP contribution in [0.4, 0.5) is 5.69 Å². The molecule has 0 saturated heterocycles. The van der Waals surface area contributed by atoms with Crippen molar-refractivity contribution in [3.8, 4) is 17.2 Å². The summed E-state index contributed by atoms with van der Waals surface area (Å²) in [6.45, 7) is 0. The summed E-state index contributed by atoms with van der Waals surface area (Å²) in [4.78, 5) is 15.6. The van der Waals surface area contributed by atoms with Gasteiger partial charge in [0.1, 0.15) is 11.4 Å². The minimum atomic E-state index is -0.304. The van der Waals surface area contributed by atoms with E-state index in [0.29, 0.717) is 39.2 Å². The van der Waals surface area contributed by atoms with Crippen molar-refractivity contribution in [2.75, 3.05) is 26.6 Å². The lowest BCUT2D eigenvalue weighted by molar-refractivity contribution is 0.102. The molecular formula is C18H17ClN2O4. The fourth-order valence-corrected chi connectivity index (χ4v) is 2.81. The third-order valence-electron chi connectivity index (χ3n) is 3.77. The van der Waals surface area contributed by atoms with E-state index in [2.05, 4.69) is 10.3 Å². The molecule has 0 unspecified atom stereocenters. The van der Waals surface area contributed by atoms with E-state index >= 15 is 0 Å². The summed E-state index contributed by atoms with van der Waals surface area (Å²) in [5, 5.41) is 4.06. The molecule has 2 aromatic carbocycles. The molecule has 25 heavy (non-hydrogen) atoms. The van der Waals surface area contributed by atoms with E-state index in [4.69, 9.17) is 25.8 Å². The van der Waals surface area contributed by atoms with Crippen LogP contribution in [0.5, 0.6) is 17.2 Å². The predicted octanol–water partition coefficient (Wildman–Crippen LogP) is 4.10. The Balaban J connectivity index is 2.04. The number of benzene rings is 2. The number of hydrogen-bond acceptors (Lipinski definition) is 4. The van der Waals surface area contributed by atoms with E-state index in [1.54, 1.807) is 50.6 Å². The second-order valence-corrected chi connectivity index (χ2v) is 5.69. The molecule has 0 aliphatic heterocycles. The zero-order chi connectivity index (χ0) is 18.0. The number of methoxy groups -OCH3 is 3. The molecule has 1 aromatic heterocycles. The number of amides is 1. The SMILES string of the molecule is COc1cc(OC)c2cc(C(=O)Nc3cccc(Cl)c3)[nH]c2c1OC. The molecule has 0 radical (unpaired) electrons. The third kappa shape index (κ3) is 3.21. The maximum absolute atomic E-state index is 12.6. The van der Waals surface area contributed by atoms with Gasteiger partial charge in [0.2, 0.25) is 0 Å². The number of halogens is 1. The minimum absolute atomic E-state index is 0.304. The summed E-state index contributed by atoms with van der Waals surface area (Å²) in [7, 11) is 4.63. The van der Waals surface area contributed by atoms with E-state index in [1.807, 2.05) is 0 Å². The average molecular weight is 361 g/mol. The average Bonchev–Trinajstić information content (AvgIpc) is 3.05. The molecule has 7 heteroatoms. The van der Waals surface area contributed by atoms with Crippen LogP contribution in [0.15, 0.2) is 36.4 Å². The largest absolute Gasteiger partial charge is 0.496 e. The fraction of sp³-hybridized carbons (Fsp3) is 0.167. The van der Waals surface area contributed by atoms with Crippen LogP contribution in [0.3, 0.4) is 0 Å². The highest BCUT2D eigenvalue weighted by Gasteiger charge is 2.19. The van der Waals surface area contributed by atoms with Crippen LogP contribution >= 0.6 is 11.6 Å². The van der Waals surface area contributed by atoms with Crippen molar-refractivity contribution >= 4 is 34.1 Å². The highest BCUT2D eigenvalue weighted by Crippen LogP contribution is 2.41. The molecule has 0 atom stereocenters. The van der Waals surface area contributed by atoms with Crippen molar-refractivity contribution in [2.45, 2.75) is 0 Å². The van der Waals surface area contributed by atoms with Gasteiger partial charge in [-0.05, 0) is 24.3 Å². The first-order chi connectivity index (χ1) is 12.1. The Bertz CT molecular complexity index is 936. The summed E-state index contributed by atoms with van der Waals surface area (Å²) in [5.74, 6) is 1.28. The number of H-pyrrole nitrogens is 1. The Morgan fingerprint density at radius 3 is 2.44 bits per heavy atom. The van der Waals surface area contributed by atoms with Gasteiger partial charge in [0.15, 0.2) is 11.5 Å². The van der Waals surface area contributed by atoms with E-state index in [-0.39, 0.29) is 5.91 Å². The first kappa shape index (κ1) is 17.0. The number of ether oxygens (including phenoxy) is 3. The summed E-state index contributed by atoms with van der Waals surface area (Å²) in [5.41, 5.74) is 1.59. The zero-order valence-corrected chi connectivity index (χ0v) is 14.7. The van der Waals surface area contributed by atoms with Crippen LogP contribution < -0.4 is 19.5 Å². The smallest absolute Gasteiger partial charge is 0.272 e. The Kier molecular flexibility index (Phi) is 4.72. The van der Waals surface area contributed by atoms with Gasteiger partial charge in [-0.15, -0.1) is 0 Å². The second-order valence-electron chi connectivity index (χ2n) is 5.25. The van der Waals surface area contributed by atoms with Crippen LogP contribution in [0.1, 0.15) is 10.5 Å². The first-order valence-corrected chi connectivity index (χ1v) is 7.83. The Hall–Kier alpha value is -2.86. The van der Waals surface area contributed by atoms with Crippen molar-refractivity contribution in [3.63, 3.8) is 0 Å². The second kappa shape index (κ2) is 6.94. The number of carbonyl (C=O) groups is 1. The molecule has 1 amide bonds. The summed E-state index contributed by atoms with van der Waals surface area (Å²) in [6.07, 6.45) is 0. The van der Waals surface area contributed by atoms with Gasteiger partial charge < -0.3 is 24.5 Å². The van der Waals surface area contributed by atoms with Gasteiger partial charge in [0.05, 0.1) is 26.8 Å². The number of fused-ring (bicyclic) bond motifs is 1. The highest BCUT2D eigenvalue weighted by atomic mass is 35.5. The molecule has 0 spiro atoms. The molecule has 3 aromatic rings. The molecule has 0 aliphatic rings. The molecule has 3 rings (SSSR count). The first-order valence-electron chi connectivity index (χ1n) is 7.46. The van der Waals surface area contributed by atoms with Crippen molar-refractivity contribution in [2.24, 2.45) is 0 Å². The number of rotatable bonds is 5. The number of aromatic amines is 1. The molecule has 2 N–H and O–H groups in total. The van der Waals surface area contributed by atoms with Crippen molar-refractivity contribution in [3.05, 3.63) is 47.1 Å². The number of nitrogens with one attached hydrogen (secondary N) is 2. The van der Waals surface area contributed by atoms with Crippen molar-refractivity contribution < 1.29 is 19.0 Å². The zero-order valence-electron chi connectivity index (χ0n) is 14.0. The van der Waals surface area contributed by atoms with Gasteiger partial charge in [-0.3, -0.25) is 4.79 Å². The molecule has 0 saturated carbocycles. The van der Waals surface area contributed by atoms with Crippen LogP contribution in [-0.4, -0.2) is 32.2 Å². The molecule has 130 valence electrons. The summed E-state index contributed by atoms with van der Waals surface area (Å²) < 4.78 is 16.1. The molecular weight excluding hydrogens is 344 g/mol. The van der Waals surface area contributed by atoms with Gasteiger partial charge in [-0.1, -0.05) is 17.7 Å². The molecule has 0 bridgehead atoms. The topological polar surface area (TPSA) is 72.6 Å². The van der Waals surface area contributed by atoms with E-state index in [9.17, 15) is 4.79 Å². The van der Waals surface area contributed by atoms with Crippen LogP contribution in [0, 0.1) is 0 Å². The lowest BCUT2D eigenvalue weighted by atomic mass is 10.2. The lowest BCUT2D eigenvalue weighted by Crippen LogP contribution is -2.12. The number of anilines is 1. The Morgan fingerprint density at radius 1 is 1.04 bits per heavy atom. The summed E-state index contributed by atoms with van der Waals surface area (Å²) >= 11 is 5.95. The molecule has 0 aliphatic carbocycles. The van der Waals surface area contributed by atoms with Crippen LogP contribution in [0.25, 0.3) is 10.9 Å². The highest BCUT2D eigenvalue weighted by molar-refractivity contribution is 6.31. The number of aromatic nitrogens is 1. The molecule has 1 heterocycles. The van der Waals surface area contributed by atoms with E-state index in [1.165, 1.54) is 7.11 Å². The van der Waals surface area contributed by atoms with Crippen molar-refractivity contribution in [1.29, 1.82) is 0 Å². The molecule has 6 nitrogen and oxygen atoms in total. The summed E-state index contributed by atoms with van der Waals surface area (Å²) in [6, 6.07) is 10.4. The van der Waals surface area contributed by atoms with E-state index < -0.39 is 0 Å². The maximum atomic E-state index is 12.6. The normalized spacial score (nSPS) is 10.6. The monoisotopic (exact) mass is 360 g/mol. The van der Waals surface area contributed by atoms with Gasteiger partial charge >= 0.3 is 0 Å². The van der Waals surface area contributed by atoms with Gasteiger partial charge in [-0.2, -0.15) is 0 Å². The fourth-order valence-electron chi connectivity index (χ4n) is 2.62. The number of carbonyl (C=O) groups excluding carboxylic acids is 1. The maximum Gasteiger partial charge on any atom is 0.272 e. The molecule has 0 fully saturated rings. The Morgan fingerprint density at radius 2 is 1.80 bits per heavy atom. The number of hydrogen-bond donors (Lipinski definition) is 2. The Labute approximate surface area is 149 Å². The standard InChI is InChI=1S/C18H17ClN2O4/c1-23-14-9-15(24-2)17(25-3)16-12(14)8-13(21-16)18(22)20-11-6-4-5-10(19)7-11/h4-9,21H,1-3H3,(H,20,22). The van der Waals surface area contributed by atoms with Crippen LogP contribution in [0.2, 0.25) is 5.02 Å². The van der Waals surface area contributed by atoms with Crippen molar-refractivity contribution in [1.82, 2.24) is 4.98 Å². The van der Waals surface area contributed by atoms with Crippen LogP contribution in [-0.2, 0) is 0 Å². The van der Waals surface area contributed by atoms with Gasteiger partial charge in [-0.25, -0.2) is 0 Å². The van der Waals surface area contributed by atoms with Gasteiger partial charge in [0.25, 0.3) is 5.91 Å².